The molecule has 0 atom stereocenters. The molecule has 0 aliphatic carbocycles. The molecule has 0 bridgehead atoms. The van der Waals surface area contributed by atoms with Crippen molar-refractivity contribution in [3.05, 3.63) is 48.2 Å². The van der Waals surface area contributed by atoms with Crippen LogP contribution in [0.1, 0.15) is 24.2 Å². The molecule has 0 aliphatic rings. The van der Waals surface area contributed by atoms with Gasteiger partial charge in [0.25, 0.3) is 0 Å². The number of ether oxygens (including phenoxy) is 1. The molecule has 0 saturated carbocycles. The van der Waals surface area contributed by atoms with Gasteiger partial charge in [0.05, 0.1) is 12.0 Å². The van der Waals surface area contributed by atoms with Crippen molar-refractivity contribution in [3.8, 4) is 17.3 Å². The highest BCUT2D eigenvalue weighted by molar-refractivity contribution is 7.99. The molecule has 9 heteroatoms. The van der Waals surface area contributed by atoms with Crippen LogP contribution in [-0.2, 0) is 6.54 Å². The molecule has 0 radical (unpaired) electrons. The normalized spacial score (nSPS) is 11.4. The minimum atomic E-state index is -2.90. The number of halogens is 2. The molecule has 0 aliphatic heterocycles. The monoisotopic (exact) mass is 407 g/mol. The average molecular weight is 407 g/mol. The number of Topliss-reactive ketones (excluding diaryl/α,β-unsaturated/α-hetero) is 1. The van der Waals surface area contributed by atoms with Crippen molar-refractivity contribution in [3.63, 3.8) is 0 Å². The fraction of sp³-hybridized carbons (Fsp3) is 0.316. The number of aromatic nitrogens is 3. The van der Waals surface area contributed by atoms with Crippen LogP contribution in [0.15, 0.2) is 52.2 Å². The predicted molar refractivity (Wildman–Crippen MR) is 101 cm³/mol. The van der Waals surface area contributed by atoms with E-state index in [1.807, 2.05) is 10.6 Å². The molecule has 0 saturated heterocycles. The lowest BCUT2D eigenvalue weighted by molar-refractivity contribution is -0.0498. The van der Waals surface area contributed by atoms with Gasteiger partial charge in [0.15, 0.2) is 22.5 Å². The number of nitrogens with zero attached hydrogens (tertiary/aromatic N) is 3. The molecule has 2 heterocycles. The van der Waals surface area contributed by atoms with Crippen molar-refractivity contribution in [1.82, 2.24) is 14.8 Å². The summed E-state index contributed by atoms with van der Waals surface area (Å²) in [6.45, 7) is 1.94. The number of hydrogen-bond donors (Lipinski definition) is 0. The Morgan fingerprint density at radius 1 is 1.21 bits per heavy atom. The van der Waals surface area contributed by atoms with E-state index in [2.05, 4.69) is 28.8 Å². The maximum atomic E-state index is 12.4. The van der Waals surface area contributed by atoms with Gasteiger partial charge in [-0.1, -0.05) is 25.6 Å². The van der Waals surface area contributed by atoms with Crippen molar-refractivity contribution < 1.29 is 22.7 Å². The Balaban J connectivity index is 1.70. The smallest absolute Gasteiger partial charge is 0.387 e. The molecule has 28 heavy (non-hydrogen) atoms. The highest BCUT2D eigenvalue weighted by atomic mass is 32.2. The highest BCUT2D eigenvalue weighted by Crippen LogP contribution is 2.26. The average Bonchev–Trinajstić information content (AvgIpc) is 3.29. The van der Waals surface area contributed by atoms with Gasteiger partial charge in [-0.3, -0.25) is 9.36 Å². The Bertz CT molecular complexity index is 909. The van der Waals surface area contributed by atoms with Crippen molar-refractivity contribution in [2.45, 2.75) is 32.2 Å². The Labute approximate surface area is 164 Å². The summed E-state index contributed by atoms with van der Waals surface area (Å²) in [7, 11) is 0. The lowest BCUT2D eigenvalue weighted by atomic mass is 10.1. The van der Waals surface area contributed by atoms with Gasteiger partial charge in [-0.05, 0) is 42.3 Å². The molecule has 3 rings (SSSR count). The predicted octanol–water partition coefficient (Wildman–Crippen LogP) is 4.77. The van der Waals surface area contributed by atoms with Crippen LogP contribution in [0.25, 0.3) is 11.6 Å². The van der Waals surface area contributed by atoms with Crippen LogP contribution in [0.2, 0.25) is 0 Å². The number of alkyl halides is 2. The topological polar surface area (TPSA) is 70.2 Å². The number of ketones is 1. The molecule has 0 spiro atoms. The summed E-state index contributed by atoms with van der Waals surface area (Å²) in [5, 5.41) is 9.02. The second-order valence-corrected chi connectivity index (χ2v) is 7.35. The van der Waals surface area contributed by atoms with E-state index in [9.17, 15) is 13.6 Å². The number of hydrogen-bond acceptors (Lipinski definition) is 6. The quantitative estimate of drug-likeness (QED) is 0.376. The first-order valence-electron chi connectivity index (χ1n) is 8.62. The highest BCUT2D eigenvalue weighted by Gasteiger charge is 2.18. The number of thioether (sulfide) groups is 1. The van der Waals surface area contributed by atoms with Gasteiger partial charge in [0.1, 0.15) is 5.75 Å². The van der Waals surface area contributed by atoms with Crippen molar-refractivity contribution in [1.29, 1.82) is 0 Å². The summed E-state index contributed by atoms with van der Waals surface area (Å²) >= 11 is 1.27. The Morgan fingerprint density at radius 2 is 1.96 bits per heavy atom. The van der Waals surface area contributed by atoms with Gasteiger partial charge in [-0.15, -0.1) is 10.2 Å². The Kier molecular flexibility index (Phi) is 6.45. The molecule has 1 aromatic carbocycles. The van der Waals surface area contributed by atoms with Crippen LogP contribution >= 0.6 is 11.8 Å². The minimum absolute atomic E-state index is 0.0129. The van der Waals surface area contributed by atoms with Gasteiger partial charge in [-0.2, -0.15) is 8.78 Å². The Hall–Kier alpha value is -2.68. The van der Waals surface area contributed by atoms with Crippen LogP contribution < -0.4 is 4.74 Å². The summed E-state index contributed by atoms with van der Waals surface area (Å²) in [6.07, 6.45) is 1.57. The van der Waals surface area contributed by atoms with Crippen LogP contribution in [0.4, 0.5) is 8.78 Å². The molecule has 2 aromatic heterocycles. The van der Waals surface area contributed by atoms with Gasteiger partial charge < -0.3 is 9.15 Å². The summed E-state index contributed by atoms with van der Waals surface area (Å²) in [5.41, 5.74) is 0.412. The van der Waals surface area contributed by atoms with Crippen molar-refractivity contribution >= 4 is 17.5 Å². The molecular weight excluding hydrogens is 388 g/mol. The van der Waals surface area contributed by atoms with Crippen molar-refractivity contribution in [2.75, 3.05) is 5.75 Å². The second kappa shape index (κ2) is 9.01. The zero-order valence-corrected chi connectivity index (χ0v) is 16.2. The van der Waals surface area contributed by atoms with Gasteiger partial charge in [0, 0.05) is 12.1 Å². The summed E-state index contributed by atoms with van der Waals surface area (Å²) < 4.78 is 36.1. The number of carbonyl (C=O) groups is 1. The molecular formula is C19H19F2N3O3S. The van der Waals surface area contributed by atoms with Gasteiger partial charge in [-0.25, -0.2) is 0 Å². The first-order chi connectivity index (χ1) is 13.4. The molecule has 6 nitrogen and oxygen atoms in total. The second-order valence-electron chi connectivity index (χ2n) is 6.40. The third kappa shape index (κ3) is 4.98. The van der Waals surface area contributed by atoms with E-state index >= 15 is 0 Å². The minimum Gasteiger partial charge on any atom is -0.461 e. The number of furan rings is 1. The molecule has 0 unspecified atom stereocenters. The third-order valence-electron chi connectivity index (χ3n) is 3.74. The van der Waals surface area contributed by atoms with E-state index in [4.69, 9.17) is 4.42 Å². The maximum Gasteiger partial charge on any atom is 0.387 e. The Morgan fingerprint density at radius 3 is 2.57 bits per heavy atom. The third-order valence-corrected chi connectivity index (χ3v) is 4.71. The fourth-order valence-electron chi connectivity index (χ4n) is 2.55. The number of rotatable bonds is 9. The lowest BCUT2D eigenvalue weighted by Gasteiger charge is -2.11. The van der Waals surface area contributed by atoms with E-state index in [1.165, 1.54) is 36.0 Å². The molecule has 3 aromatic rings. The van der Waals surface area contributed by atoms with E-state index in [0.29, 0.717) is 34.8 Å². The van der Waals surface area contributed by atoms with Crippen LogP contribution in [0.3, 0.4) is 0 Å². The SMILES string of the molecule is CC(C)Cn1c(SCC(=O)c2ccc(OC(F)F)cc2)nnc1-c1ccco1. The van der Waals surface area contributed by atoms with Crippen LogP contribution in [-0.4, -0.2) is 32.9 Å². The van der Waals surface area contributed by atoms with E-state index in [-0.39, 0.29) is 17.3 Å². The standard InChI is InChI=1S/C19H19F2N3O3S/c1-12(2)10-24-17(16-4-3-9-26-16)22-23-19(24)28-11-15(25)13-5-7-14(8-6-13)27-18(20)21/h3-9,12,18H,10-11H2,1-2H3. The first-order valence-corrected chi connectivity index (χ1v) is 9.60. The largest absolute Gasteiger partial charge is 0.461 e. The van der Waals surface area contributed by atoms with Crippen LogP contribution in [0, 0.1) is 5.92 Å². The summed E-state index contributed by atoms with van der Waals surface area (Å²) in [5.74, 6) is 1.58. The zero-order valence-electron chi connectivity index (χ0n) is 15.3. The zero-order chi connectivity index (χ0) is 20.1. The molecule has 0 amide bonds. The summed E-state index contributed by atoms with van der Waals surface area (Å²) in [4.78, 5) is 12.4. The molecule has 148 valence electrons. The first kappa shape index (κ1) is 20.1. The van der Waals surface area contributed by atoms with E-state index < -0.39 is 6.61 Å². The molecule has 0 N–H and O–H groups in total. The van der Waals surface area contributed by atoms with Gasteiger partial charge >= 0.3 is 6.61 Å². The van der Waals surface area contributed by atoms with Gasteiger partial charge in [0.2, 0.25) is 0 Å². The van der Waals surface area contributed by atoms with E-state index in [0.717, 1.165) is 0 Å². The van der Waals surface area contributed by atoms with Crippen LogP contribution in [0.5, 0.6) is 5.75 Å². The fourth-order valence-corrected chi connectivity index (χ4v) is 3.39. The van der Waals surface area contributed by atoms with E-state index in [1.54, 1.807) is 12.3 Å². The molecule has 0 fully saturated rings. The van der Waals surface area contributed by atoms with Crippen molar-refractivity contribution in [2.24, 2.45) is 5.92 Å². The summed E-state index contributed by atoms with van der Waals surface area (Å²) in [6, 6.07) is 9.22. The maximum absolute atomic E-state index is 12.4. The lowest BCUT2D eigenvalue weighted by Crippen LogP contribution is -2.09. The number of benzene rings is 1. The number of carbonyl (C=O) groups excluding carboxylic acids is 1.